The van der Waals surface area contributed by atoms with Gasteiger partial charge >= 0.3 is 6.03 Å². The summed E-state index contributed by atoms with van der Waals surface area (Å²) in [5, 5.41) is 2.90. The molecule has 0 saturated carbocycles. The fraction of sp³-hybridized carbons (Fsp3) is 0.684. The number of furan rings is 1. The molecule has 1 aromatic rings. The molecule has 1 atom stereocenters. The first kappa shape index (κ1) is 18.8. The van der Waals surface area contributed by atoms with E-state index in [0.717, 1.165) is 43.9 Å². The first-order valence-electron chi connectivity index (χ1n) is 9.55. The van der Waals surface area contributed by atoms with Crippen molar-refractivity contribution in [2.75, 3.05) is 39.4 Å². The molecule has 1 N–H and O–H groups in total. The number of rotatable bonds is 5. The van der Waals surface area contributed by atoms with Gasteiger partial charge in [-0.15, -0.1) is 0 Å². The molecule has 144 valence electrons. The Balaban J connectivity index is 1.38. The first-order chi connectivity index (χ1) is 12.6. The van der Waals surface area contributed by atoms with Crippen molar-refractivity contribution >= 4 is 11.9 Å². The molecule has 0 bridgehead atoms. The average molecular weight is 363 g/mol. The molecule has 0 unspecified atom stereocenters. The van der Waals surface area contributed by atoms with Gasteiger partial charge in [-0.05, 0) is 44.2 Å². The van der Waals surface area contributed by atoms with Gasteiger partial charge in [0, 0.05) is 32.6 Å². The van der Waals surface area contributed by atoms with E-state index in [4.69, 9.17) is 9.15 Å². The third-order valence-corrected chi connectivity index (χ3v) is 5.11. The van der Waals surface area contributed by atoms with E-state index in [-0.39, 0.29) is 11.9 Å². The van der Waals surface area contributed by atoms with Gasteiger partial charge in [0.05, 0.1) is 19.8 Å². The van der Waals surface area contributed by atoms with Crippen LogP contribution >= 0.6 is 0 Å². The standard InChI is InChI=1S/C19H29N3O4/c1-15-4-6-17(26-15)13-20-18(23)7-5-16-3-2-8-22(14-16)19(24)21-9-11-25-12-10-21/h4,6,16H,2-3,5,7-14H2,1H3,(H,20,23)/t16-/m0/s1. The second kappa shape index (κ2) is 9.07. The Bertz CT molecular complexity index is 610. The van der Waals surface area contributed by atoms with Crippen molar-refractivity contribution in [1.29, 1.82) is 0 Å². The zero-order valence-electron chi connectivity index (χ0n) is 15.5. The molecule has 26 heavy (non-hydrogen) atoms. The van der Waals surface area contributed by atoms with Gasteiger partial charge in [0.15, 0.2) is 0 Å². The fourth-order valence-electron chi connectivity index (χ4n) is 3.62. The lowest BCUT2D eigenvalue weighted by atomic mass is 9.93. The highest BCUT2D eigenvalue weighted by Crippen LogP contribution is 2.22. The lowest BCUT2D eigenvalue weighted by molar-refractivity contribution is -0.121. The largest absolute Gasteiger partial charge is 0.465 e. The van der Waals surface area contributed by atoms with E-state index in [1.54, 1.807) is 0 Å². The number of hydrogen-bond acceptors (Lipinski definition) is 4. The Hall–Kier alpha value is -2.02. The minimum Gasteiger partial charge on any atom is -0.465 e. The van der Waals surface area contributed by atoms with Crippen molar-refractivity contribution in [3.8, 4) is 0 Å². The Morgan fingerprint density at radius 2 is 2.00 bits per heavy atom. The maximum Gasteiger partial charge on any atom is 0.320 e. The van der Waals surface area contributed by atoms with E-state index in [9.17, 15) is 9.59 Å². The average Bonchev–Trinajstić information content (AvgIpc) is 3.10. The maximum absolute atomic E-state index is 12.6. The van der Waals surface area contributed by atoms with Crippen LogP contribution in [0.5, 0.6) is 0 Å². The second-order valence-corrected chi connectivity index (χ2v) is 7.16. The maximum atomic E-state index is 12.6. The van der Waals surface area contributed by atoms with E-state index in [1.165, 1.54) is 0 Å². The van der Waals surface area contributed by atoms with Crippen LogP contribution in [-0.2, 0) is 16.1 Å². The monoisotopic (exact) mass is 363 g/mol. The number of nitrogens with one attached hydrogen (secondary N) is 1. The minimum absolute atomic E-state index is 0.0377. The second-order valence-electron chi connectivity index (χ2n) is 7.16. The van der Waals surface area contributed by atoms with Crippen molar-refractivity contribution in [2.24, 2.45) is 5.92 Å². The van der Waals surface area contributed by atoms with Crippen molar-refractivity contribution in [3.63, 3.8) is 0 Å². The van der Waals surface area contributed by atoms with Gasteiger partial charge < -0.3 is 24.3 Å². The van der Waals surface area contributed by atoms with E-state index in [2.05, 4.69) is 5.32 Å². The molecular formula is C19H29N3O4. The molecule has 2 saturated heterocycles. The number of ether oxygens (including phenoxy) is 1. The lowest BCUT2D eigenvalue weighted by Crippen LogP contribution is -2.51. The number of urea groups is 1. The van der Waals surface area contributed by atoms with E-state index < -0.39 is 0 Å². The highest BCUT2D eigenvalue weighted by Gasteiger charge is 2.28. The van der Waals surface area contributed by atoms with E-state index in [1.807, 2.05) is 28.9 Å². The fourth-order valence-corrected chi connectivity index (χ4v) is 3.62. The molecule has 2 aliphatic rings. The third-order valence-electron chi connectivity index (χ3n) is 5.11. The molecule has 3 amide bonds. The van der Waals surface area contributed by atoms with Crippen LogP contribution in [0.1, 0.15) is 37.2 Å². The molecule has 3 rings (SSSR count). The number of nitrogens with zero attached hydrogens (tertiary/aromatic N) is 2. The number of likely N-dealkylation sites (tertiary alicyclic amines) is 1. The normalized spacial score (nSPS) is 20.9. The highest BCUT2D eigenvalue weighted by atomic mass is 16.5. The van der Waals surface area contributed by atoms with Gasteiger partial charge in [0.25, 0.3) is 0 Å². The molecule has 7 heteroatoms. The van der Waals surface area contributed by atoms with Crippen LogP contribution in [-0.4, -0.2) is 61.1 Å². The van der Waals surface area contributed by atoms with Crippen LogP contribution in [0.15, 0.2) is 16.5 Å². The van der Waals surface area contributed by atoms with Gasteiger partial charge in [-0.25, -0.2) is 4.79 Å². The van der Waals surface area contributed by atoms with E-state index in [0.29, 0.717) is 45.2 Å². The number of carbonyl (C=O) groups is 2. The van der Waals surface area contributed by atoms with Gasteiger partial charge in [0.2, 0.25) is 5.91 Å². The number of carbonyl (C=O) groups excluding carboxylic acids is 2. The molecule has 0 radical (unpaired) electrons. The van der Waals surface area contributed by atoms with Crippen molar-refractivity contribution in [2.45, 2.75) is 39.2 Å². The predicted octanol–water partition coefficient (Wildman–Crippen LogP) is 2.15. The van der Waals surface area contributed by atoms with Crippen LogP contribution in [0, 0.1) is 12.8 Å². The molecular weight excluding hydrogens is 334 g/mol. The molecule has 2 fully saturated rings. The number of amides is 3. The lowest BCUT2D eigenvalue weighted by Gasteiger charge is -2.37. The summed E-state index contributed by atoms with van der Waals surface area (Å²) in [6.07, 6.45) is 3.39. The first-order valence-corrected chi connectivity index (χ1v) is 9.55. The third kappa shape index (κ3) is 5.24. The zero-order valence-corrected chi connectivity index (χ0v) is 15.5. The number of hydrogen-bond donors (Lipinski definition) is 1. The smallest absolute Gasteiger partial charge is 0.320 e. The summed E-state index contributed by atoms with van der Waals surface area (Å²) < 4.78 is 10.8. The molecule has 1 aromatic heterocycles. The minimum atomic E-state index is 0.0377. The van der Waals surface area contributed by atoms with Gasteiger partial charge in [-0.2, -0.15) is 0 Å². The Morgan fingerprint density at radius 3 is 2.73 bits per heavy atom. The Kier molecular flexibility index (Phi) is 6.55. The summed E-state index contributed by atoms with van der Waals surface area (Å²) in [6.45, 7) is 6.48. The van der Waals surface area contributed by atoms with Crippen LogP contribution in [0.2, 0.25) is 0 Å². The summed E-state index contributed by atoms with van der Waals surface area (Å²) >= 11 is 0. The van der Waals surface area contributed by atoms with E-state index >= 15 is 0 Å². The van der Waals surface area contributed by atoms with Crippen molar-refractivity contribution in [3.05, 3.63) is 23.7 Å². The zero-order chi connectivity index (χ0) is 18.4. The Morgan fingerprint density at radius 1 is 1.19 bits per heavy atom. The summed E-state index contributed by atoms with van der Waals surface area (Å²) in [5.74, 6) is 2.05. The van der Waals surface area contributed by atoms with Gasteiger partial charge in [0.1, 0.15) is 11.5 Å². The molecule has 0 aromatic carbocycles. The quantitative estimate of drug-likeness (QED) is 0.870. The van der Waals surface area contributed by atoms with Crippen LogP contribution in [0.25, 0.3) is 0 Å². The summed E-state index contributed by atoms with van der Waals surface area (Å²) in [4.78, 5) is 28.5. The number of piperidine rings is 1. The predicted molar refractivity (Wildman–Crippen MR) is 96.6 cm³/mol. The Labute approximate surface area is 154 Å². The molecule has 7 nitrogen and oxygen atoms in total. The summed E-state index contributed by atoms with van der Waals surface area (Å²) in [7, 11) is 0. The van der Waals surface area contributed by atoms with Crippen molar-refractivity contribution < 1.29 is 18.7 Å². The van der Waals surface area contributed by atoms with Crippen molar-refractivity contribution in [1.82, 2.24) is 15.1 Å². The van der Waals surface area contributed by atoms with Crippen LogP contribution in [0.4, 0.5) is 4.79 Å². The molecule has 2 aliphatic heterocycles. The molecule has 0 aliphatic carbocycles. The highest BCUT2D eigenvalue weighted by molar-refractivity contribution is 5.76. The van der Waals surface area contributed by atoms with Gasteiger partial charge in [-0.1, -0.05) is 0 Å². The number of morpholine rings is 1. The molecule has 0 spiro atoms. The van der Waals surface area contributed by atoms with Crippen LogP contribution < -0.4 is 5.32 Å². The van der Waals surface area contributed by atoms with Gasteiger partial charge in [-0.3, -0.25) is 4.79 Å². The summed E-state index contributed by atoms with van der Waals surface area (Å²) in [6, 6.07) is 3.89. The molecule has 3 heterocycles. The topological polar surface area (TPSA) is 75.0 Å². The summed E-state index contributed by atoms with van der Waals surface area (Å²) in [5.41, 5.74) is 0. The SMILES string of the molecule is Cc1ccc(CNC(=O)CC[C@@H]2CCCN(C(=O)N3CCOCC3)C2)o1. The van der Waals surface area contributed by atoms with Crippen LogP contribution in [0.3, 0.4) is 0 Å². The number of aryl methyl sites for hydroxylation is 1.